The van der Waals surface area contributed by atoms with E-state index in [0.29, 0.717) is 23.9 Å². The smallest absolute Gasteiger partial charge is 0.339 e. The monoisotopic (exact) mass is 305 g/mol. The van der Waals surface area contributed by atoms with Crippen LogP contribution in [0.2, 0.25) is 0 Å². The molecule has 0 radical (unpaired) electrons. The third-order valence-electron chi connectivity index (χ3n) is 4.06. The molecule has 1 saturated heterocycles. The molecule has 2 atom stereocenters. The van der Waals surface area contributed by atoms with Crippen LogP contribution in [0, 0.1) is 11.8 Å². The van der Waals surface area contributed by atoms with Crippen molar-refractivity contribution in [3.63, 3.8) is 0 Å². The molecule has 1 aromatic carbocycles. The minimum Gasteiger partial charge on any atom is -0.496 e. The molecule has 1 aliphatic heterocycles. The van der Waals surface area contributed by atoms with Crippen LogP contribution in [0.3, 0.4) is 0 Å². The maximum absolute atomic E-state index is 12.4. The highest BCUT2D eigenvalue weighted by Gasteiger charge is 2.24. The number of carbonyl (C=O) groups excluding carboxylic acids is 1. The minimum absolute atomic E-state index is 0.0220. The van der Waals surface area contributed by atoms with E-state index in [1.807, 2.05) is 0 Å². The maximum Gasteiger partial charge on any atom is 0.339 e. The van der Waals surface area contributed by atoms with Crippen molar-refractivity contribution in [1.29, 1.82) is 0 Å². The molecule has 0 saturated carbocycles. The minimum atomic E-state index is -1.09. The number of piperidine rings is 1. The number of hydrogen-bond donors (Lipinski definition) is 1. The Hall–Kier alpha value is -1.88. The number of carboxylic acid groups (broad SMARTS) is 1. The van der Waals surface area contributed by atoms with E-state index in [1.54, 1.807) is 6.07 Å². The van der Waals surface area contributed by atoms with Crippen LogP contribution in [0.1, 0.15) is 41.0 Å². The maximum atomic E-state index is 12.4. The first-order valence-corrected chi connectivity index (χ1v) is 7.57. The lowest BCUT2D eigenvalue weighted by atomic mass is 9.91. The molecule has 2 rings (SSSR count). The SMILES string of the molecule is COc1ccc(C(=O)CN2CC(C)CC(C)C2)cc1C(=O)O. The number of Topliss-reactive ketones (excluding diaryl/α,β-unsaturated/α-hetero) is 1. The van der Waals surface area contributed by atoms with Crippen LogP contribution in [0.15, 0.2) is 18.2 Å². The first-order chi connectivity index (χ1) is 10.4. The average Bonchev–Trinajstić information content (AvgIpc) is 2.45. The summed E-state index contributed by atoms with van der Waals surface area (Å²) in [6, 6.07) is 4.57. The fraction of sp³-hybridized carbons (Fsp3) is 0.529. The molecule has 5 nitrogen and oxygen atoms in total. The highest BCUT2D eigenvalue weighted by molar-refractivity contribution is 6.01. The molecule has 22 heavy (non-hydrogen) atoms. The van der Waals surface area contributed by atoms with E-state index in [0.717, 1.165) is 13.1 Å². The molecule has 1 N–H and O–H groups in total. The molecule has 5 heteroatoms. The zero-order valence-corrected chi connectivity index (χ0v) is 13.3. The van der Waals surface area contributed by atoms with Crippen LogP contribution in [-0.4, -0.2) is 48.5 Å². The van der Waals surface area contributed by atoms with Crippen molar-refractivity contribution in [2.24, 2.45) is 11.8 Å². The molecule has 0 aromatic heterocycles. The van der Waals surface area contributed by atoms with Gasteiger partial charge in [0.1, 0.15) is 11.3 Å². The Morgan fingerprint density at radius 1 is 1.27 bits per heavy atom. The summed E-state index contributed by atoms with van der Waals surface area (Å²) in [5.74, 6) is 0.298. The van der Waals surface area contributed by atoms with Crippen LogP contribution >= 0.6 is 0 Å². The molecular formula is C17H23NO4. The summed E-state index contributed by atoms with van der Waals surface area (Å²) >= 11 is 0. The Morgan fingerprint density at radius 2 is 1.91 bits per heavy atom. The van der Waals surface area contributed by atoms with Crippen LogP contribution in [0.4, 0.5) is 0 Å². The lowest BCUT2D eigenvalue weighted by molar-refractivity contribution is 0.0693. The van der Waals surface area contributed by atoms with Crippen molar-refractivity contribution in [2.75, 3.05) is 26.7 Å². The van der Waals surface area contributed by atoms with E-state index in [1.165, 1.54) is 25.7 Å². The lowest BCUT2D eigenvalue weighted by Crippen LogP contribution is -2.41. The quantitative estimate of drug-likeness (QED) is 0.847. The Labute approximate surface area is 130 Å². The highest BCUT2D eigenvalue weighted by Crippen LogP contribution is 2.23. The Balaban J connectivity index is 2.12. The number of ketones is 1. The van der Waals surface area contributed by atoms with Gasteiger partial charge in [0.15, 0.2) is 5.78 Å². The third-order valence-corrected chi connectivity index (χ3v) is 4.06. The van der Waals surface area contributed by atoms with Crippen molar-refractivity contribution >= 4 is 11.8 Å². The van der Waals surface area contributed by atoms with E-state index in [4.69, 9.17) is 4.74 Å². The van der Waals surface area contributed by atoms with Crippen molar-refractivity contribution in [3.8, 4) is 5.75 Å². The summed E-state index contributed by atoms with van der Waals surface area (Å²) in [6.45, 7) is 6.56. The number of methoxy groups -OCH3 is 1. The van der Waals surface area contributed by atoms with Gasteiger partial charge in [-0.1, -0.05) is 13.8 Å². The van der Waals surface area contributed by atoms with Crippen molar-refractivity contribution < 1.29 is 19.4 Å². The van der Waals surface area contributed by atoms with Gasteiger partial charge in [-0.3, -0.25) is 9.69 Å². The number of aromatic carboxylic acids is 1. The molecule has 1 aromatic rings. The molecule has 120 valence electrons. The number of likely N-dealkylation sites (tertiary alicyclic amines) is 1. The highest BCUT2D eigenvalue weighted by atomic mass is 16.5. The molecule has 1 fully saturated rings. The van der Waals surface area contributed by atoms with Gasteiger partial charge < -0.3 is 9.84 Å². The topological polar surface area (TPSA) is 66.8 Å². The third kappa shape index (κ3) is 3.85. The van der Waals surface area contributed by atoms with Gasteiger partial charge in [0.05, 0.1) is 13.7 Å². The molecule has 0 aliphatic carbocycles. The first kappa shape index (κ1) is 16.5. The molecular weight excluding hydrogens is 282 g/mol. The van der Waals surface area contributed by atoms with E-state index >= 15 is 0 Å². The van der Waals surface area contributed by atoms with E-state index in [9.17, 15) is 14.7 Å². The van der Waals surface area contributed by atoms with Crippen LogP contribution in [-0.2, 0) is 0 Å². The number of rotatable bonds is 5. The Bertz CT molecular complexity index is 560. The molecule has 1 aliphatic rings. The predicted octanol–water partition coefficient (Wildman–Crippen LogP) is 2.55. The second kappa shape index (κ2) is 6.92. The van der Waals surface area contributed by atoms with Crippen molar-refractivity contribution in [3.05, 3.63) is 29.3 Å². The van der Waals surface area contributed by atoms with Crippen LogP contribution in [0.25, 0.3) is 0 Å². The molecule has 0 spiro atoms. The number of ether oxygens (including phenoxy) is 1. The van der Waals surface area contributed by atoms with Gasteiger partial charge >= 0.3 is 5.97 Å². The Morgan fingerprint density at radius 3 is 2.45 bits per heavy atom. The Kier molecular flexibility index (Phi) is 5.19. The van der Waals surface area contributed by atoms with Crippen LogP contribution in [0.5, 0.6) is 5.75 Å². The first-order valence-electron chi connectivity index (χ1n) is 7.57. The van der Waals surface area contributed by atoms with Crippen molar-refractivity contribution in [1.82, 2.24) is 4.90 Å². The van der Waals surface area contributed by atoms with Gasteiger partial charge in [0.2, 0.25) is 0 Å². The van der Waals surface area contributed by atoms with Gasteiger partial charge in [-0.05, 0) is 36.5 Å². The summed E-state index contributed by atoms with van der Waals surface area (Å²) < 4.78 is 5.02. The number of hydrogen-bond acceptors (Lipinski definition) is 4. The molecule has 0 amide bonds. The summed E-state index contributed by atoms with van der Waals surface area (Å²) in [7, 11) is 1.42. The summed E-state index contributed by atoms with van der Waals surface area (Å²) in [5, 5.41) is 9.19. The van der Waals surface area contributed by atoms with Gasteiger partial charge in [0.25, 0.3) is 0 Å². The van der Waals surface area contributed by atoms with Gasteiger partial charge in [-0.25, -0.2) is 4.79 Å². The normalized spacial score (nSPS) is 22.3. The van der Waals surface area contributed by atoms with E-state index in [2.05, 4.69) is 18.7 Å². The summed E-state index contributed by atoms with van der Waals surface area (Å²) in [5.41, 5.74) is 0.442. The van der Waals surface area contributed by atoms with Crippen LogP contribution < -0.4 is 4.74 Å². The average molecular weight is 305 g/mol. The van der Waals surface area contributed by atoms with E-state index < -0.39 is 5.97 Å². The number of carbonyl (C=O) groups is 2. The van der Waals surface area contributed by atoms with Gasteiger partial charge in [-0.15, -0.1) is 0 Å². The fourth-order valence-corrected chi connectivity index (χ4v) is 3.26. The van der Waals surface area contributed by atoms with E-state index in [-0.39, 0.29) is 17.1 Å². The summed E-state index contributed by atoms with van der Waals surface area (Å²) in [4.78, 5) is 25.8. The van der Waals surface area contributed by atoms with Gasteiger partial charge in [-0.2, -0.15) is 0 Å². The number of carboxylic acids is 1. The fourth-order valence-electron chi connectivity index (χ4n) is 3.26. The zero-order chi connectivity index (χ0) is 16.3. The lowest BCUT2D eigenvalue weighted by Gasteiger charge is -2.34. The number of benzene rings is 1. The predicted molar refractivity (Wildman–Crippen MR) is 83.7 cm³/mol. The zero-order valence-electron chi connectivity index (χ0n) is 13.3. The second-order valence-corrected chi connectivity index (χ2v) is 6.28. The number of nitrogens with zero attached hydrogens (tertiary/aromatic N) is 1. The standard InChI is InChI=1S/C17H23NO4/c1-11-6-12(2)9-18(8-11)10-15(19)13-4-5-16(22-3)14(7-13)17(20)21/h4-5,7,11-12H,6,8-10H2,1-3H3,(H,20,21). The second-order valence-electron chi connectivity index (χ2n) is 6.28. The molecule has 0 bridgehead atoms. The molecule has 2 unspecified atom stereocenters. The molecule has 1 heterocycles. The van der Waals surface area contributed by atoms with Crippen molar-refractivity contribution in [2.45, 2.75) is 20.3 Å². The van der Waals surface area contributed by atoms with Gasteiger partial charge in [0, 0.05) is 18.7 Å². The largest absolute Gasteiger partial charge is 0.496 e. The summed E-state index contributed by atoms with van der Waals surface area (Å²) in [6.07, 6.45) is 1.19.